The van der Waals surface area contributed by atoms with Crippen molar-refractivity contribution in [2.24, 2.45) is 0 Å². The van der Waals surface area contributed by atoms with Crippen molar-refractivity contribution in [3.05, 3.63) is 0 Å². The van der Waals surface area contributed by atoms with Crippen molar-refractivity contribution in [2.45, 2.75) is 213 Å². The molecule has 0 amide bonds. The van der Waals surface area contributed by atoms with E-state index in [1.54, 1.807) is 0 Å². The third-order valence-corrected chi connectivity index (χ3v) is 8.06. The minimum absolute atomic E-state index is 0.0667. The third kappa shape index (κ3) is 31.3. The first-order valence-corrected chi connectivity index (χ1v) is 17.5. The van der Waals surface area contributed by atoms with E-state index < -0.39 is 12.1 Å². The summed E-state index contributed by atoms with van der Waals surface area (Å²) < 4.78 is 5.56. The van der Waals surface area contributed by atoms with Gasteiger partial charge >= 0.3 is 11.9 Å². The van der Waals surface area contributed by atoms with Crippen LogP contribution in [0.2, 0.25) is 0 Å². The van der Waals surface area contributed by atoms with Gasteiger partial charge in [-0.1, -0.05) is 174 Å². The van der Waals surface area contributed by atoms with Crippen LogP contribution in [0.4, 0.5) is 0 Å². The summed E-state index contributed by atoms with van der Waals surface area (Å²) in [5, 5.41) is 9.22. The number of carboxylic acid groups (broad SMARTS) is 1. The lowest BCUT2D eigenvalue weighted by Crippen LogP contribution is -2.21. The fourth-order valence-electron chi connectivity index (χ4n) is 5.50. The Hall–Kier alpha value is -1.06. The van der Waals surface area contributed by atoms with Crippen molar-refractivity contribution in [3.63, 3.8) is 0 Å². The van der Waals surface area contributed by atoms with Gasteiger partial charge in [-0.05, 0) is 19.3 Å². The van der Waals surface area contributed by atoms with Gasteiger partial charge in [-0.15, -0.1) is 0 Å². The van der Waals surface area contributed by atoms with Crippen molar-refractivity contribution in [1.82, 2.24) is 0 Å². The zero-order valence-corrected chi connectivity index (χ0v) is 26.5. The van der Waals surface area contributed by atoms with E-state index in [9.17, 15) is 14.7 Å². The van der Waals surface area contributed by atoms with E-state index in [4.69, 9.17) is 4.74 Å². The quantitative estimate of drug-likeness (QED) is 0.0665. The van der Waals surface area contributed by atoms with Gasteiger partial charge in [0.2, 0.25) is 0 Å². The first-order chi connectivity index (χ1) is 19.1. The molecule has 0 aromatic rings. The molecule has 0 aliphatic heterocycles. The average Bonchev–Trinajstić information content (AvgIpc) is 2.91. The summed E-state index contributed by atoms with van der Waals surface area (Å²) in [5.41, 5.74) is 0. The van der Waals surface area contributed by atoms with Gasteiger partial charge in [-0.3, -0.25) is 9.59 Å². The lowest BCUT2D eigenvalue weighted by molar-refractivity contribution is -0.153. The van der Waals surface area contributed by atoms with Gasteiger partial charge in [0.05, 0.1) is 6.42 Å². The molecule has 0 aromatic carbocycles. The van der Waals surface area contributed by atoms with Crippen LogP contribution in [0.1, 0.15) is 206 Å². The fraction of sp³-hybridized carbons (Fsp3) is 0.943. The second-order valence-corrected chi connectivity index (χ2v) is 12.1. The molecular formula is C35H68O4. The zero-order valence-electron chi connectivity index (χ0n) is 26.5. The Labute approximate surface area is 243 Å². The van der Waals surface area contributed by atoms with Crippen molar-refractivity contribution in [2.75, 3.05) is 0 Å². The molecule has 232 valence electrons. The Balaban J connectivity index is 3.63. The molecule has 0 spiro atoms. The first-order valence-electron chi connectivity index (χ1n) is 17.5. The molecule has 0 rings (SSSR count). The molecule has 0 heterocycles. The normalized spacial score (nSPS) is 12.1. The topological polar surface area (TPSA) is 63.6 Å². The molecule has 1 atom stereocenters. The Morgan fingerprint density at radius 2 is 0.795 bits per heavy atom. The van der Waals surface area contributed by atoms with Crippen LogP contribution in [0.3, 0.4) is 0 Å². The van der Waals surface area contributed by atoms with Gasteiger partial charge in [-0.2, -0.15) is 0 Å². The van der Waals surface area contributed by atoms with Gasteiger partial charge in [0.25, 0.3) is 0 Å². The van der Waals surface area contributed by atoms with Crippen LogP contribution < -0.4 is 0 Å². The number of carboxylic acids is 1. The SMILES string of the molecule is CCCCCCCCCCCCCCCCCC(CC(=O)O)OC(=O)CCCCCCCCCCCCCC. The summed E-state index contributed by atoms with van der Waals surface area (Å²) in [6, 6.07) is 0. The summed E-state index contributed by atoms with van der Waals surface area (Å²) in [7, 11) is 0. The van der Waals surface area contributed by atoms with Crippen molar-refractivity contribution >= 4 is 11.9 Å². The number of esters is 1. The number of ether oxygens (including phenoxy) is 1. The van der Waals surface area contributed by atoms with Gasteiger partial charge in [0, 0.05) is 6.42 Å². The highest BCUT2D eigenvalue weighted by molar-refractivity contribution is 5.71. The number of aliphatic carboxylic acids is 1. The maximum absolute atomic E-state index is 12.3. The van der Waals surface area contributed by atoms with Crippen LogP contribution >= 0.6 is 0 Å². The number of hydrogen-bond acceptors (Lipinski definition) is 3. The Morgan fingerprint density at radius 1 is 0.487 bits per heavy atom. The molecule has 0 aliphatic rings. The van der Waals surface area contributed by atoms with Crippen LogP contribution in [-0.2, 0) is 14.3 Å². The van der Waals surface area contributed by atoms with Crippen LogP contribution in [0.15, 0.2) is 0 Å². The predicted octanol–water partition coefficient (Wildman–Crippen LogP) is 11.7. The van der Waals surface area contributed by atoms with E-state index >= 15 is 0 Å². The van der Waals surface area contributed by atoms with Crippen LogP contribution in [0, 0.1) is 0 Å². The minimum Gasteiger partial charge on any atom is -0.481 e. The lowest BCUT2D eigenvalue weighted by Gasteiger charge is -2.16. The summed E-state index contributed by atoms with van der Waals surface area (Å²) in [6.07, 6.45) is 35.4. The Kier molecular flexibility index (Phi) is 30.6. The molecule has 0 saturated heterocycles. The lowest BCUT2D eigenvalue weighted by atomic mass is 10.0. The molecule has 1 unspecified atom stereocenters. The molecule has 0 saturated carbocycles. The summed E-state index contributed by atoms with van der Waals surface area (Å²) in [5.74, 6) is -1.09. The molecule has 1 N–H and O–H groups in total. The van der Waals surface area contributed by atoms with Crippen molar-refractivity contribution in [1.29, 1.82) is 0 Å². The third-order valence-electron chi connectivity index (χ3n) is 8.06. The maximum Gasteiger partial charge on any atom is 0.307 e. The summed E-state index contributed by atoms with van der Waals surface area (Å²) >= 11 is 0. The van der Waals surface area contributed by atoms with Crippen LogP contribution in [0.5, 0.6) is 0 Å². The van der Waals surface area contributed by atoms with E-state index in [-0.39, 0.29) is 12.4 Å². The standard InChI is InChI=1S/C35H68O4/c1-3-5-7-9-11-13-15-17-18-19-20-22-24-26-28-30-33(32-34(36)37)39-35(38)31-29-27-25-23-21-16-14-12-10-8-6-4-2/h33H,3-32H2,1-2H3,(H,36,37). The van der Waals surface area contributed by atoms with Gasteiger partial charge in [0.15, 0.2) is 0 Å². The van der Waals surface area contributed by atoms with E-state index in [0.29, 0.717) is 12.8 Å². The molecule has 0 bridgehead atoms. The monoisotopic (exact) mass is 553 g/mol. The van der Waals surface area contributed by atoms with E-state index in [0.717, 1.165) is 25.7 Å². The summed E-state index contributed by atoms with van der Waals surface area (Å²) in [4.78, 5) is 23.5. The minimum atomic E-state index is -0.876. The second kappa shape index (κ2) is 31.5. The molecule has 0 aromatic heterocycles. The largest absolute Gasteiger partial charge is 0.481 e. The molecule has 0 radical (unpaired) electrons. The van der Waals surface area contributed by atoms with Crippen LogP contribution in [0.25, 0.3) is 0 Å². The Morgan fingerprint density at radius 3 is 1.13 bits per heavy atom. The number of rotatable bonds is 32. The van der Waals surface area contributed by atoms with E-state index in [1.807, 2.05) is 0 Å². The molecule has 39 heavy (non-hydrogen) atoms. The highest BCUT2D eigenvalue weighted by atomic mass is 16.5. The van der Waals surface area contributed by atoms with E-state index in [2.05, 4.69) is 13.8 Å². The van der Waals surface area contributed by atoms with E-state index in [1.165, 1.54) is 148 Å². The molecule has 0 aliphatic carbocycles. The van der Waals surface area contributed by atoms with Gasteiger partial charge in [-0.25, -0.2) is 0 Å². The first kappa shape index (κ1) is 37.9. The molecular weight excluding hydrogens is 484 g/mol. The highest BCUT2D eigenvalue weighted by Crippen LogP contribution is 2.17. The second-order valence-electron chi connectivity index (χ2n) is 12.1. The maximum atomic E-state index is 12.3. The number of carbonyl (C=O) groups is 2. The predicted molar refractivity (Wildman–Crippen MR) is 167 cm³/mol. The Bertz CT molecular complexity index is 519. The zero-order chi connectivity index (χ0) is 28.7. The van der Waals surface area contributed by atoms with Gasteiger partial charge in [0.1, 0.15) is 6.10 Å². The van der Waals surface area contributed by atoms with Crippen molar-refractivity contribution < 1.29 is 19.4 Å². The molecule has 4 heteroatoms. The van der Waals surface area contributed by atoms with Gasteiger partial charge < -0.3 is 9.84 Å². The van der Waals surface area contributed by atoms with Crippen LogP contribution in [-0.4, -0.2) is 23.1 Å². The fourth-order valence-corrected chi connectivity index (χ4v) is 5.50. The number of hydrogen-bond donors (Lipinski definition) is 1. The number of unbranched alkanes of at least 4 members (excludes halogenated alkanes) is 25. The molecule has 0 fully saturated rings. The molecule has 4 nitrogen and oxygen atoms in total. The number of carbonyl (C=O) groups excluding carboxylic acids is 1. The van der Waals surface area contributed by atoms with Crippen molar-refractivity contribution in [3.8, 4) is 0 Å². The average molecular weight is 553 g/mol. The smallest absolute Gasteiger partial charge is 0.307 e. The highest BCUT2D eigenvalue weighted by Gasteiger charge is 2.17. The summed E-state index contributed by atoms with van der Waals surface area (Å²) in [6.45, 7) is 4.53.